The van der Waals surface area contributed by atoms with Crippen LogP contribution in [-0.4, -0.2) is 23.2 Å². The first-order valence-electron chi connectivity index (χ1n) is 5.06. The van der Waals surface area contributed by atoms with Crippen LogP contribution in [0.15, 0.2) is 6.07 Å². The number of aromatic amines is 1. The van der Waals surface area contributed by atoms with E-state index in [4.69, 9.17) is 21.4 Å². The molecule has 5 heteroatoms. The number of methoxy groups -OCH3 is 1. The molecule has 1 aromatic heterocycles. The van der Waals surface area contributed by atoms with Gasteiger partial charge in [-0.05, 0) is 19.4 Å². The number of fused-ring (bicyclic) bond motifs is 1. The van der Waals surface area contributed by atoms with Crippen LogP contribution in [0.1, 0.15) is 21.6 Å². The fourth-order valence-electron chi connectivity index (χ4n) is 1.97. The third kappa shape index (κ3) is 1.65. The summed E-state index contributed by atoms with van der Waals surface area (Å²) in [4.78, 5) is 13.9. The van der Waals surface area contributed by atoms with Gasteiger partial charge in [-0.25, -0.2) is 4.79 Å². The summed E-state index contributed by atoms with van der Waals surface area (Å²) in [7, 11) is 1.55. The molecule has 4 nitrogen and oxygen atoms in total. The number of carbonyl (C=O) groups is 1. The van der Waals surface area contributed by atoms with Gasteiger partial charge in [0.15, 0.2) is 0 Å². The number of rotatable bonds is 2. The van der Waals surface area contributed by atoms with Crippen LogP contribution in [0.4, 0.5) is 0 Å². The summed E-state index contributed by atoms with van der Waals surface area (Å²) in [6.45, 7) is 3.58. The molecule has 2 rings (SSSR count). The van der Waals surface area contributed by atoms with E-state index in [1.165, 1.54) is 0 Å². The van der Waals surface area contributed by atoms with Gasteiger partial charge in [0, 0.05) is 17.0 Å². The van der Waals surface area contributed by atoms with Crippen LogP contribution in [0.3, 0.4) is 0 Å². The van der Waals surface area contributed by atoms with Gasteiger partial charge in [0.25, 0.3) is 0 Å². The normalized spacial score (nSPS) is 10.8. The van der Waals surface area contributed by atoms with Crippen molar-refractivity contribution in [2.24, 2.45) is 0 Å². The van der Waals surface area contributed by atoms with Crippen molar-refractivity contribution in [3.8, 4) is 5.75 Å². The Morgan fingerprint density at radius 1 is 1.41 bits per heavy atom. The fraction of sp³-hybridized carbons (Fsp3) is 0.250. The summed E-state index contributed by atoms with van der Waals surface area (Å²) in [5, 5.41) is 10.3. The van der Waals surface area contributed by atoms with E-state index >= 15 is 0 Å². The van der Waals surface area contributed by atoms with Crippen molar-refractivity contribution in [2.45, 2.75) is 13.8 Å². The maximum Gasteiger partial charge on any atom is 0.352 e. The van der Waals surface area contributed by atoms with Gasteiger partial charge < -0.3 is 14.8 Å². The smallest absolute Gasteiger partial charge is 0.352 e. The van der Waals surface area contributed by atoms with Gasteiger partial charge >= 0.3 is 5.97 Å². The van der Waals surface area contributed by atoms with E-state index < -0.39 is 5.97 Å². The van der Waals surface area contributed by atoms with E-state index in [-0.39, 0.29) is 5.69 Å². The molecule has 0 aliphatic carbocycles. The molecule has 90 valence electrons. The van der Waals surface area contributed by atoms with Crippen LogP contribution >= 0.6 is 11.6 Å². The Bertz CT molecular complexity index is 616. The van der Waals surface area contributed by atoms with Crippen LogP contribution < -0.4 is 4.74 Å². The van der Waals surface area contributed by atoms with E-state index in [1.54, 1.807) is 20.1 Å². The lowest BCUT2D eigenvalue weighted by atomic mass is 10.1. The Kier molecular flexibility index (Phi) is 2.75. The molecular formula is C12H12ClNO3. The van der Waals surface area contributed by atoms with Crippen LogP contribution in [0, 0.1) is 13.8 Å². The van der Waals surface area contributed by atoms with Crippen LogP contribution in [-0.2, 0) is 0 Å². The van der Waals surface area contributed by atoms with E-state index in [9.17, 15) is 4.79 Å². The largest absolute Gasteiger partial charge is 0.496 e. The number of halogens is 1. The van der Waals surface area contributed by atoms with Crippen molar-refractivity contribution in [3.05, 3.63) is 27.9 Å². The summed E-state index contributed by atoms with van der Waals surface area (Å²) in [6.07, 6.45) is 0. The summed E-state index contributed by atoms with van der Waals surface area (Å²) < 4.78 is 5.19. The molecule has 0 aliphatic rings. The molecule has 0 unspecified atom stereocenters. The number of aromatic carboxylic acids is 1. The Hall–Kier alpha value is -1.68. The van der Waals surface area contributed by atoms with Crippen molar-refractivity contribution < 1.29 is 14.6 Å². The monoisotopic (exact) mass is 253 g/mol. The number of H-pyrrole nitrogens is 1. The second kappa shape index (κ2) is 3.96. The first-order valence-corrected chi connectivity index (χ1v) is 5.43. The summed E-state index contributed by atoms with van der Waals surface area (Å²) in [6, 6.07) is 1.76. The lowest BCUT2D eigenvalue weighted by Gasteiger charge is -2.07. The molecule has 0 fully saturated rings. The van der Waals surface area contributed by atoms with E-state index in [2.05, 4.69) is 4.98 Å². The SMILES string of the molecule is COc1cc2[nH]c(C(=O)O)c(C)c2c(Cl)c1C. The van der Waals surface area contributed by atoms with E-state index in [1.807, 2.05) is 6.92 Å². The van der Waals surface area contributed by atoms with Gasteiger partial charge in [-0.1, -0.05) is 11.6 Å². The highest BCUT2D eigenvalue weighted by molar-refractivity contribution is 6.37. The minimum atomic E-state index is -0.994. The van der Waals surface area contributed by atoms with Gasteiger partial charge in [0.05, 0.1) is 17.6 Å². The van der Waals surface area contributed by atoms with E-state index in [0.717, 1.165) is 10.9 Å². The zero-order chi connectivity index (χ0) is 12.7. The molecule has 1 aromatic carbocycles. The van der Waals surface area contributed by atoms with Crippen molar-refractivity contribution in [2.75, 3.05) is 7.11 Å². The number of aromatic nitrogens is 1. The number of ether oxygens (including phenoxy) is 1. The minimum Gasteiger partial charge on any atom is -0.496 e. The number of hydrogen-bond acceptors (Lipinski definition) is 2. The quantitative estimate of drug-likeness (QED) is 0.864. The standard InChI is InChI=1S/C12H12ClNO3/c1-5-8(17-3)4-7-9(10(5)13)6(2)11(14-7)12(15)16/h4,14H,1-3H3,(H,15,16). The molecule has 2 N–H and O–H groups in total. The lowest BCUT2D eigenvalue weighted by Crippen LogP contribution is -1.98. The second-order valence-electron chi connectivity index (χ2n) is 3.87. The molecular weight excluding hydrogens is 242 g/mol. The van der Waals surface area contributed by atoms with Crippen LogP contribution in [0.25, 0.3) is 10.9 Å². The Balaban J connectivity index is 2.88. The molecule has 0 amide bonds. The number of hydrogen-bond donors (Lipinski definition) is 2. The number of carboxylic acids is 1. The summed E-state index contributed by atoms with van der Waals surface area (Å²) >= 11 is 6.24. The van der Waals surface area contributed by atoms with Crippen molar-refractivity contribution in [3.63, 3.8) is 0 Å². The maximum absolute atomic E-state index is 11.0. The fourth-order valence-corrected chi connectivity index (χ4v) is 2.31. The zero-order valence-electron chi connectivity index (χ0n) is 9.72. The van der Waals surface area contributed by atoms with Gasteiger partial charge in [-0.3, -0.25) is 0 Å². The molecule has 0 bridgehead atoms. The number of aryl methyl sites for hydroxylation is 1. The van der Waals surface area contributed by atoms with Crippen LogP contribution in [0.5, 0.6) is 5.75 Å². The number of carboxylic acid groups (broad SMARTS) is 1. The van der Waals surface area contributed by atoms with Crippen molar-refractivity contribution in [1.29, 1.82) is 0 Å². The highest BCUT2D eigenvalue weighted by Gasteiger charge is 2.18. The zero-order valence-corrected chi connectivity index (χ0v) is 10.5. The average molecular weight is 254 g/mol. The predicted molar refractivity (Wildman–Crippen MR) is 66.3 cm³/mol. The molecule has 1 heterocycles. The molecule has 0 radical (unpaired) electrons. The van der Waals surface area contributed by atoms with Crippen molar-refractivity contribution >= 4 is 28.5 Å². The maximum atomic E-state index is 11.0. The van der Waals surface area contributed by atoms with Gasteiger partial charge in [-0.2, -0.15) is 0 Å². The number of nitrogens with one attached hydrogen (secondary N) is 1. The van der Waals surface area contributed by atoms with Crippen molar-refractivity contribution in [1.82, 2.24) is 4.98 Å². The Labute approximate surface area is 103 Å². The third-order valence-corrected chi connectivity index (χ3v) is 3.38. The summed E-state index contributed by atoms with van der Waals surface area (Å²) in [5.74, 6) is -0.355. The first-order chi connectivity index (χ1) is 7.97. The minimum absolute atomic E-state index is 0.162. The van der Waals surface area contributed by atoms with Gasteiger partial charge in [0.2, 0.25) is 0 Å². The number of benzene rings is 1. The molecule has 0 aliphatic heterocycles. The molecule has 0 atom stereocenters. The summed E-state index contributed by atoms with van der Waals surface area (Å²) in [5.41, 5.74) is 2.28. The lowest BCUT2D eigenvalue weighted by molar-refractivity contribution is 0.0691. The highest BCUT2D eigenvalue weighted by atomic mass is 35.5. The third-order valence-electron chi connectivity index (χ3n) is 2.91. The Morgan fingerprint density at radius 2 is 2.06 bits per heavy atom. The van der Waals surface area contributed by atoms with E-state index in [0.29, 0.717) is 21.9 Å². The van der Waals surface area contributed by atoms with Crippen LogP contribution in [0.2, 0.25) is 5.02 Å². The van der Waals surface area contributed by atoms with Gasteiger partial charge in [-0.15, -0.1) is 0 Å². The molecule has 0 saturated carbocycles. The molecule has 0 spiro atoms. The highest BCUT2D eigenvalue weighted by Crippen LogP contribution is 2.36. The topological polar surface area (TPSA) is 62.3 Å². The molecule has 17 heavy (non-hydrogen) atoms. The molecule has 2 aromatic rings. The first kappa shape index (κ1) is 11.8. The van der Waals surface area contributed by atoms with Gasteiger partial charge in [0.1, 0.15) is 11.4 Å². The molecule has 0 saturated heterocycles. The average Bonchev–Trinajstić information content (AvgIpc) is 2.61. The second-order valence-corrected chi connectivity index (χ2v) is 4.25. The Morgan fingerprint density at radius 3 is 2.59 bits per heavy atom. The predicted octanol–water partition coefficient (Wildman–Crippen LogP) is 3.14.